The molecule has 1 aromatic heterocycles. The van der Waals surface area contributed by atoms with Crippen molar-refractivity contribution in [3.63, 3.8) is 0 Å². The van der Waals surface area contributed by atoms with Gasteiger partial charge in [0.15, 0.2) is 12.2 Å². The molecule has 3 aromatic rings. The molecule has 1 heterocycles. The highest BCUT2D eigenvalue weighted by molar-refractivity contribution is 5.63. The van der Waals surface area contributed by atoms with E-state index in [9.17, 15) is 0 Å². The summed E-state index contributed by atoms with van der Waals surface area (Å²) in [6, 6.07) is 16.0. The van der Waals surface area contributed by atoms with Crippen LogP contribution in [0.15, 0.2) is 65.5 Å². The molecule has 0 spiro atoms. The van der Waals surface area contributed by atoms with Crippen molar-refractivity contribution < 1.29 is 9.15 Å². The third-order valence-electron chi connectivity index (χ3n) is 3.25. The molecule has 0 radical (unpaired) electrons. The predicted octanol–water partition coefficient (Wildman–Crippen LogP) is 3.96. The fourth-order valence-corrected chi connectivity index (χ4v) is 2.19. The van der Waals surface area contributed by atoms with Crippen LogP contribution in [0.5, 0.6) is 5.75 Å². The van der Waals surface area contributed by atoms with E-state index in [1.807, 2.05) is 48.5 Å². The first-order valence-corrected chi connectivity index (χ1v) is 6.71. The number of rotatable bonds is 5. The van der Waals surface area contributed by atoms with E-state index in [2.05, 4.69) is 10.3 Å². The smallest absolute Gasteiger partial charge is 0.181 e. The van der Waals surface area contributed by atoms with Crippen molar-refractivity contribution >= 4 is 5.69 Å². The second-order valence-corrected chi connectivity index (χ2v) is 4.61. The number of hydrogen-bond acceptors (Lipinski definition) is 4. The standard InChI is InChI=1S/C17H16N2O2/c1-20-16-8-3-2-5-14(16)10-19-15-7-4-6-13(9-15)17-11-18-12-21-17/h2-9,11-12,19H,10H2,1H3. The summed E-state index contributed by atoms with van der Waals surface area (Å²) in [4.78, 5) is 3.94. The largest absolute Gasteiger partial charge is 0.496 e. The summed E-state index contributed by atoms with van der Waals surface area (Å²) in [5, 5.41) is 3.40. The molecule has 0 unspecified atom stereocenters. The molecule has 0 saturated heterocycles. The monoisotopic (exact) mass is 280 g/mol. The predicted molar refractivity (Wildman–Crippen MR) is 82.3 cm³/mol. The average molecular weight is 280 g/mol. The summed E-state index contributed by atoms with van der Waals surface area (Å²) >= 11 is 0. The summed E-state index contributed by atoms with van der Waals surface area (Å²) in [5.74, 6) is 1.65. The van der Waals surface area contributed by atoms with Crippen molar-refractivity contribution in [2.75, 3.05) is 12.4 Å². The Bertz CT molecular complexity index is 708. The number of benzene rings is 2. The molecule has 0 fully saturated rings. The van der Waals surface area contributed by atoms with Crippen molar-refractivity contribution in [3.8, 4) is 17.1 Å². The SMILES string of the molecule is COc1ccccc1CNc1cccc(-c2cnco2)c1. The van der Waals surface area contributed by atoms with Crippen molar-refractivity contribution in [3.05, 3.63) is 66.7 Å². The number of hydrogen-bond donors (Lipinski definition) is 1. The molecule has 0 aliphatic carbocycles. The molecule has 3 rings (SSSR count). The van der Waals surface area contributed by atoms with Crippen LogP contribution in [-0.4, -0.2) is 12.1 Å². The van der Waals surface area contributed by atoms with Crippen LogP contribution in [0.2, 0.25) is 0 Å². The minimum atomic E-state index is 0.698. The summed E-state index contributed by atoms with van der Waals surface area (Å²) < 4.78 is 10.7. The van der Waals surface area contributed by atoms with Crippen LogP contribution in [0.4, 0.5) is 5.69 Å². The molecular weight excluding hydrogens is 264 g/mol. The van der Waals surface area contributed by atoms with Gasteiger partial charge in [-0.1, -0.05) is 30.3 Å². The molecule has 0 amide bonds. The first-order chi connectivity index (χ1) is 10.4. The topological polar surface area (TPSA) is 47.3 Å². The maximum atomic E-state index is 5.35. The Hall–Kier alpha value is -2.75. The maximum Gasteiger partial charge on any atom is 0.181 e. The van der Waals surface area contributed by atoms with E-state index in [-0.39, 0.29) is 0 Å². The lowest BCUT2D eigenvalue weighted by atomic mass is 10.1. The van der Waals surface area contributed by atoms with Gasteiger partial charge in [0.25, 0.3) is 0 Å². The first-order valence-electron chi connectivity index (χ1n) is 6.71. The lowest BCUT2D eigenvalue weighted by Crippen LogP contribution is -2.01. The Balaban J connectivity index is 1.75. The lowest BCUT2D eigenvalue weighted by molar-refractivity contribution is 0.410. The molecule has 0 saturated carbocycles. The highest BCUT2D eigenvalue weighted by Gasteiger charge is 2.04. The van der Waals surface area contributed by atoms with Gasteiger partial charge >= 0.3 is 0 Å². The molecule has 1 N–H and O–H groups in total. The van der Waals surface area contributed by atoms with Crippen LogP contribution in [0.1, 0.15) is 5.56 Å². The summed E-state index contributed by atoms with van der Waals surface area (Å²) in [5.41, 5.74) is 3.14. The summed E-state index contributed by atoms with van der Waals surface area (Å²) in [7, 11) is 1.68. The minimum Gasteiger partial charge on any atom is -0.496 e. The van der Waals surface area contributed by atoms with Gasteiger partial charge in [0.1, 0.15) is 5.75 Å². The van der Waals surface area contributed by atoms with E-state index in [4.69, 9.17) is 9.15 Å². The van der Waals surface area contributed by atoms with Crippen molar-refractivity contribution in [1.29, 1.82) is 0 Å². The number of anilines is 1. The highest BCUT2D eigenvalue weighted by Crippen LogP contribution is 2.23. The highest BCUT2D eigenvalue weighted by atomic mass is 16.5. The number of aromatic nitrogens is 1. The Labute approximate surface area is 123 Å². The Morgan fingerprint density at radius 3 is 2.86 bits per heavy atom. The van der Waals surface area contributed by atoms with Crippen LogP contribution in [0, 0.1) is 0 Å². The van der Waals surface area contributed by atoms with Gasteiger partial charge in [-0.3, -0.25) is 0 Å². The quantitative estimate of drug-likeness (QED) is 0.768. The number of nitrogens with zero attached hydrogens (tertiary/aromatic N) is 1. The third kappa shape index (κ3) is 3.05. The van der Waals surface area contributed by atoms with Gasteiger partial charge in [-0.25, -0.2) is 4.98 Å². The average Bonchev–Trinajstić information content (AvgIpc) is 3.08. The fraction of sp³-hybridized carbons (Fsp3) is 0.118. The summed E-state index contributed by atoms with van der Waals surface area (Å²) in [6.45, 7) is 0.698. The van der Waals surface area contributed by atoms with Crippen LogP contribution < -0.4 is 10.1 Å². The molecule has 4 heteroatoms. The van der Waals surface area contributed by atoms with E-state index < -0.39 is 0 Å². The Kier molecular flexibility index (Phi) is 3.87. The van der Waals surface area contributed by atoms with Crippen LogP contribution in [0.25, 0.3) is 11.3 Å². The first kappa shape index (κ1) is 13.2. The maximum absolute atomic E-state index is 5.35. The molecule has 21 heavy (non-hydrogen) atoms. The summed E-state index contributed by atoms with van der Waals surface area (Å²) in [6.07, 6.45) is 3.14. The lowest BCUT2D eigenvalue weighted by Gasteiger charge is -2.11. The van der Waals surface area contributed by atoms with Gasteiger partial charge in [0.05, 0.1) is 13.3 Å². The van der Waals surface area contributed by atoms with E-state index in [0.29, 0.717) is 6.54 Å². The molecule has 0 aliphatic rings. The van der Waals surface area contributed by atoms with Crippen molar-refractivity contribution in [2.24, 2.45) is 0 Å². The second-order valence-electron chi connectivity index (χ2n) is 4.61. The molecular formula is C17H16N2O2. The van der Waals surface area contributed by atoms with Gasteiger partial charge in [-0.15, -0.1) is 0 Å². The number of ether oxygens (including phenoxy) is 1. The number of methoxy groups -OCH3 is 1. The van der Waals surface area contributed by atoms with Crippen molar-refractivity contribution in [2.45, 2.75) is 6.54 Å². The Morgan fingerprint density at radius 2 is 2.05 bits per heavy atom. The van der Waals surface area contributed by atoms with Crippen LogP contribution >= 0.6 is 0 Å². The van der Waals surface area contributed by atoms with E-state index in [0.717, 1.165) is 28.3 Å². The molecule has 2 aromatic carbocycles. The zero-order valence-electron chi connectivity index (χ0n) is 11.7. The molecule has 0 aliphatic heterocycles. The van der Waals surface area contributed by atoms with Gasteiger partial charge in [0.2, 0.25) is 0 Å². The van der Waals surface area contributed by atoms with Gasteiger partial charge < -0.3 is 14.5 Å². The van der Waals surface area contributed by atoms with Crippen molar-refractivity contribution in [1.82, 2.24) is 4.98 Å². The van der Waals surface area contributed by atoms with E-state index >= 15 is 0 Å². The normalized spacial score (nSPS) is 10.3. The number of nitrogens with one attached hydrogen (secondary N) is 1. The fourth-order valence-electron chi connectivity index (χ4n) is 2.19. The molecule has 0 bridgehead atoms. The van der Waals surface area contributed by atoms with E-state index in [1.54, 1.807) is 13.3 Å². The second kappa shape index (κ2) is 6.13. The zero-order chi connectivity index (χ0) is 14.5. The molecule has 106 valence electrons. The van der Waals surface area contributed by atoms with Gasteiger partial charge in [0, 0.05) is 23.4 Å². The third-order valence-corrected chi connectivity index (χ3v) is 3.25. The molecule has 0 atom stereocenters. The van der Waals surface area contributed by atoms with Gasteiger partial charge in [-0.05, 0) is 18.2 Å². The van der Waals surface area contributed by atoms with Crippen LogP contribution in [0.3, 0.4) is 0 Å². The zero-order valence-corrected chi connectivity index (χ0v) is 11.7. The Morgan fingerprint density at radius 1 is 1.14 bits per heavy atom. The van der Waals surface area contributed by atoms with Crippen LogP contribution in [-0.2, 0) is 6.54 Å². The van der Waals surface area contributed by atoms with Gasteiger partial charge in [-0.2, -0.15) is 0 Å². The number of oxazole rings is 1. The minimum absolute atomic E-state index is 0.698. The molecule has 4 nitrogen and oxygen atoms in total. The number of para-hydroxylation sites is 1. The van der Waals surface area contributed by atoms with E-state index in [1.165, 1.54) is 6.39 Å².